The second-order valence-electron chi connectivity index (χ2n) is 7.54. The van der Waals surface area contributed by atoms with Gasteiger partial charge in [0.15, 0.2) is 0 Å². The van der Waals surface area contributed by atoms with E-state index in [-0.39, 0.29) is 35.5 Å². The molecule has 1 aliphatic heterocycles. The Hall–Kier alpha value is -0.320. The molecule has 0 bridgehead atoms. The van der Waals surface area contributed by atoms with Crippen molar-refractivity contribution in [3.8, 4) is 0 Å². The summed E-state index contributed by atoms with van der Waals surface area (Å²) in [7, 11) is 0. The number of hydrogen-bond acceptors (Lipinski definition) is 4. The molecular weight excluding hydrogens is 300 g/mol. The van der Waals surface area contributed by atoms with Crippen molar-refractivity contribution in [1.82, 2.24) is 0 Å². The number of alkyl halides is 1. The summed E-state index contributed by atoms with van der Waals surface area (Å²) in [5.41, 5.74) is 5.21. The van der Waals surface area contributed by atoms with Crippen molar-refractivity contribution in [3.63, 3.8) is 0 Å². The number of halogens is 1. The average molecular weight is 329 g/mol. The van der Waals surface area contributed by atoms with Crippen molar-refractivity contribution in [1.29, 1.82) is 0 Å². The topological polar surface area (TPSA) is 67.8 Å². The highest BCUT2D eigenvalue weighted by Gasteiger charge is 2.58. The van der Waals surface area contributed by atoms with Gasteiger partial charge in [0.2, 0.25) is 0 Å². The molecule has 0 spiro atoms. The normalized spacial score (nSPS) is 45.7. The van der Waals surface area contributed by atoms with Gasteiger partial charge in [-0.15, -0.1) is 11.6 Å². The van der Waals surface area contributed by atoms with Gasteiger partial charge >= 0.3 is 0 Å². The van der Waals surface area contributed by atoms with Gasteiger partial charge in [-0.05, 0) is 46.0 Å². The van der Waals surface area contributed by atoms with Crippen LogP contribution < -0.4 is 5.73 Å². The number of aliphatic hydroxyl groups is 1. The van der Waals surface area contributed by atoms with Crippen LogP contribution in [-0.2, 0) is 4.74 Å². The van der Waals surface area contributed by atoms with Gasteiger partial charge < -0.3 is 15.6 Å². The Morgan fingerprint density at radius 3 is 2.68 bits per heavy atom. The summed E-state index contributed by atoms with van der Waals surface area (Å²) in [6.45, 7) is 4.11. The smallest absolute Gasteiger partial charge is 0.131 e. The summed E-state index contributed by atoms with van der Waals surface area (Å²) in [5.74, 6) is 0.534. The minimum atomic E-state index is -1.03. The predicted molar refractivity (Wildman–Crippen MR) is 89.3 cm³/mol. The molecule has 0 amide bonds. The SMILES string of the molecule is CC(C)OC1CCCCC1[C@@]1(O)C(N)=NC2CCC(Cl)CC21. The van der Waals surface area contributed by atoms with E-state index in [1.54, 1.807) is 0 Å². The van der Waals surface area contributed by atoms with E-state index >= 15 is 0 Å². The molecule has 2 saturated carbocycles. The first-order valence-corrected chi connectivity index (χ1v) is 9.22. The van der Waals surface area contributed by atoms with E-state index in [0.717, 1.165) is 44.9 Å². The molecule has 6 atom stereocenters. The molecule has 3 rings (SSSR count). The van der Waals surface area contributed by atoms with Crippen LogP contribution in [0.1, 0.15) is 58.8 Å². The van der Waals surface area contributed by atoms with Crippen LogP contribution in [0.2, 0.25) is 0 Å². The molecule has 0 aromatic carbocycles. The zero-order valence-electron chi connectivity index (χ0n) is 13.7. The van der Waals surface area contributed by atoms with E-state index in [1.807, 2.05) is 0 Å². The number of ether oxygens (including phenoxy) is 1. The number of fused-ring (bicyclic) bond motifs is 1. The molecule has 3 aliphatic rings. The molecular formula is C17H29ClN2O2. The molecule has 3 N–H and O–H groups in total. The van der Waals surface area contributed by atoms with Crippen LogP contribution in [0.3, 0.4) is 0 Å². The Morgan fingerprint density at radius 2 is 1.95 bits per heavy atom. The van der Waals surface area contributed by atoms with Gasteiger partial charge in [0.1, 0.15) is 11.4 Å². The number of nitrogens with two attached hydrogens (primary N) is 1. The average Bonchev–Trinajstić information content (AvgIpc) is 2.72. The fourth-order valence-corrected chi connectivity index (χ4v) is 5.10. The van der Waals surface area contributed by atoms with Gasteiger partial charge in [-0.25, -0.2) is 0 Å². The molecule has 5 heteroatoms. The molecule has 1 heterocycles. The largest absolute Gasteiger partial charge is 0.385 e. The van der Waals surface area contributed by atoms with E-state index in [4.69, 9.17) is 22.1 Å². The third-order valence-corrected chi connectivity index (χ3v) is 6.14. The highest BCUT2D eigenvalue weighted by Crippen LogP contribution is 2.49. The lowest BCUT2D eigenvalue weighted by atomic mass is 9.65. The fraction of sp³-hybridized carbons (Fsp3) is 0.941. The van der Waals surface area contributed by atoms with Crippen LogP contribution in [0.4, 0.5) is 0 Å². The van der Waals surface area contributed by atoms with Crippen molar-refractivity contribution in [2.75, 3.05) is 0 Å². The van der Waals surface area contributed by atoms with Crippen LogP contribution in [-0.4, -0.2) is 40.2 Å². The van der Waals surface area contributed by atoms with E-state index in [2.05, 4.69) is 18.8 Å². The molecule has 22 heavy (non-hydrogen) atoms. The van der Waals surface area contributed by atoms with E-state index in [9.17, 15) is 5.11 Å². The first kappa shape index (κ1) is 16.5. The summed E-state index contributed by atoms with van der Waals surface area (Å²) in [5, 5.41) is 11.7. The van der Waals surface area contributed by atoms with Crippen LogP contribution in [0.5, 0.6) is 0 Å². The maximum Gasteiger partial charge on any atom is 0.131 e. The Kier molecular flexibility index (Phi) is 4.73. The van der Waals surface area contributed by atoms with Crippen molar-refractivity contribution >= 4 is 17.4 Å². The van der Waals surface area contributed by atoms with Gasteiger partial charge in [-0.1, -0.05) is 12.8 Å². The summed E-state index contributed by atoms with van der Waals surface area (Å²) < 4.78 is 6.13. The van der Waals surface area contributed by atoms with Crippen LogP contribution >= 0.6 is 11.6 Å². The van der Waals surface area contributed by atoms with Gasteiger partial charge in [0.25, 0.3) is 0 Å². The van der Waals surface area contributed by atoms with Crippen LogP contribution in [0.25, 0.3) is 0 Å². The molecule has 2 aliphatic carbocycles. The highest BCUT2D eigenvalue weighted by atomic mass is 35.5. The number of nitrogens with zero attached hydrogens (tertiary/aromatic N) is 1. The molecule has 0 aromatic rings. The summed E-state index contributed by atoms with van der Waals surface area (Å²) in [6.07, 6.45) is 7.18. The highest BCUT2D eigenvalue weighted by molar-refractivity contribution is 6.20. The van der Waals surface area contributed by atoms with Crippen molar-refractivity contribution < 1.29 is 9.84 Å². The van der Waals surface area contributed by atoms with Crippen LogP contribution in [0.15, 0.2) is 4.99 Å². The Balaban J connectivity index is 1.87. The molecule has 2 fully saturated rings. The molecule has 0 radical (unpaired) electrons. The summed E-state index contributed by atoms with van der Waals surface area (Å²) in [4.78, 5) is 4.62. The maximum absolute atomic E-state index is 11.6. The monoisotopic (exact) mass is 328 g/mol. The zero-order valence-corrected chi connectivity index (χ0v) is 14.4. The summed E-state index contributed by atoms with van der Waals surface area (Å²) >= 11 is 6.38. The Labute approximate surface area is 138 Å². The van der Waals surface area contributed by atoms with Crippen LogP contribution in [0, 0.1) is 11.8 Å². The number of amidine groups is 1. The first-order chi connectivity index (χ1) is 10.4. The number of hydrogen-bond donors (Lipinski definition) is 2. The Morgan fingerprint density at radius 1 is 1.23 bits per heavy atom. The first-order valence-electron chi connectivity index (χ1n) is 8.78. The molecule has 0 saturated heterocycles. The predicted octanol–water partition coefficient (Wildman–Crippen LogP) is 2.85. The third kappa shape index (κ3) is 2.78. The fourth-order valence-electron chi connectivity index (χ4n) is 4.78. The van der Waals surface area contributed by atoms with E-state index in [1.165, 1.54) is 0 Å². The standard InChI is InChI=1S/C17H29ClN2O2/c1-10(2)22-15-6-4-3-5-12(15)17(21)13-9-11(18)7-8-14(13)20-16(17)19/h10-15,21H,3-9H2,1-2H3,(H2,19,20)/t11?,12?,13?,14?,15?,17-/m0/s1. The Bertz CT molecular complexity index is 442. The second-order valence-corrected chi connectivity index (χ2v) is 8.16. The third-order valence-electron chi connectivity index (χ3n) is 5.75. The van der Waals surface area contributed by atoms with Crippen molar-refractivity contribution in [2.24, 2.45) is 22.6 Å². The zero-order chi connectivity index (χ0) is 15.9. The second kappa shape index (κ2) is 6.29. The van der Waals surface area contributed by atoms with Crippen molar-refractivity contribution in [3.05, 3.63) is 0 Å². The quantitative estimate of drug-likeness (QED) is 0.783. The maximum atomic E-state index is 11.6. The lowest BCUT2D eigenvalue weighted by molar-refractivity contribution is -0.119. The lowest BCUT2D eigenvalue weighted by Crippen LogP contribution is -2.59. The molecule has 0 aromatic heterocycles. The molecule has 5 unspecified atom stereocenters. The van der Waals surface area contributed by atoms with Gasteiger partial charge in [-0.2, -0.15) is 0 Å². The minimum absolute atomic E-state index is 0.0457. The lowest BCUT2D eigenvalue weighted by Gasteiger charge is -2.46. The van der Waals surface area contributed by atoms with Crippen molar-refractivity contribution in [2.45, 2.75) is 88.0 Å². The number of rotatable bonds is 3. The molecule has 4 nitrogen and oxygen atoms in total. The van der Waals surface area contributed by atoms with E-state index < -0.39 is 5.60 Å². The van der Waals surface area contributed by atoms with Gasteiger partial charge in [0.05, 0.1) is 18.2 Å². The minimum Gasteiger partial charge on any atom is -0.385 e. The number of aliphatic imine (C=N–C) groups is 1. The van der Waals surface area contributed by atoms with E-state index in [0.29, 0.717) is 5.84 Å². The van der Waals surface area contributed by atoms with Gasteiger partial charge in [0, 0.05) is 17.2 Å². The molecule has 126 valence electrons. The summed E-state index contributed by atoms with van der Waals surface area (Å²) in [6, 6.07) is 0.140. The van der Waals surface area contributed by atoms with Gasteiger partial charge in [-0.3, -0.25) is 4.99 Å².